The predicted octanol–water partition coefficient (Wildman–Crippen LogP) is 3.30. The number of thiophene rings is 1. The Morgan fingerprint density at radius 1 is 1.25 bits per heavy atom. The summed E-state index contributed by atoms with van der Waals surface area (Å²) >= 11 is 1.24. The molecule has 2 aromatic rings. The number of ether oxygens (including phenoxy) is 2. The molecule has 24 heavy (non-hydrogen) atoms. The second kappa shape index (κ2) is 7.44. The third-order valence-corrected chi connectivity index (χ3v) is 4.39. The van der Waals surface area contributed by atoms with Crippen LogP contribution in [0.4, 0.5) is 0 Å². The summed E-state index contributed by atoms with van der Waals surface area (Å²) in [4.78, 5) is 39.8. The van der Waals surface area contributed by atoms with Crippen LogP contribution in [0.15, 0.2) is 17.5 Å². The summed E-state index contributed by atoms with van der Waals surface area (Å²) in [5, 5.41) is 1.76. The van der Waals surface area contributed by atoms with Gasteiger partial charge >= 0.3 is 11.9 Å². The minimum atomic E-state index is -0.966. The molecule has 6 nitrogen and oxygen atoms in total. The minimum absolute atomic E-state index is 0.251. The lowest BCUT2D eigenvalue weighted by atomic mass is 10.1. The van der Waals surface area contributed by atoms with Crippen molar-refractivity contribution in [2.75, 3.05) is 6.61 Å². The fourth-order valence-electron chi connectivity index (χ4n) is 2.38. The molecule has 0 amide bonds. The first kappa shape index (κ1) is 17.9. The Hall–Kier alpha value is -2.41. The number of H-pyrrole nitrogens is 1. The highest BCUT2D eigenvalue weighted by molar-refractivity contribution is 7.11. The number of nitrogens with one attached hydrogen (secondary N) is 1. The summed E-state index contributed by atoms with van der Waals surface area (Å²) in [6, 6.07) is 3.37. The van der Waals surface area contributed by atoms with Gasteiger partial charge in [0.05, 0.1) is 17.9 Å². The van der Waals surface area contributed by atoms with Gasteiger partial charge in [-0.25, -0.2) is 9.59 Å². The number of aromatic nitrogens is 1. The van der Waals surface area contributed by atoms with Crippen LogP contribution in [0.2, 0.25) is 0 Å². The van der Waals surface area contributed by atoms with E-state index in [0.717, 1.165) is 0 Å². The van der Waals surface area contributed by atoms with Gasteiger partial charge in [0.1, 0.15) is 4.88 Å². The predicted molar refractivity (Wildman–Crippen MR) is 89.8 cm³/mol. The molecule has 0 spiro atoms. The lowest BCUT2D eigenvalue weighted by molar-refractivity contribution is 0.0321. The van der Waals surface area contributed by atoms with E-state index in [1.54, 1.807) is 38.3 Å². The van der Waals surface area contributed by atoms with Crippen molar-refractivity contribution < 1.29 is 23.9 Å². The average molecular weight is 349 g/mol. The highest BCUT2D eigenvalue weighted by Gasteiger charge is 2.27. The zero-order valence-electron chi connectivity index (χ0n) is 14.0. The van der Waals surface area contributed by atoms with Gasteiger partial charge in [0.25, 0.3) is 0 Å². The topological polar surface area (TPSA) is 85.5 Å². The molecule has 0 bridgehead atoms. The lowest BCUT2D eigenvalue weighted by Crippen LogP contribution is -2.25. The Morgan fingerprint density at radius 2 is 1.96 bits per heavy atom. The van der Waals surface area contributed by atoms with E-state index in [2.05, 4.69) is 4.98 Å². The molecule has 0 saturated carbocycles. The molecule has 0 aliphatic carbocycles. The van der Waals surface area contributed by atoms with Crippen LogP contribution in [0.1, 0.15) is 55.6 Å². The molecule has 0 unspecified atom stereocenters. The van der Waals surface area contributed by atoms with Crippen LogP contribution in [0.5, 0.6) is 0 Å². The standard InChI is InChI=1S/C17H19NO5S/c1-5-22-17(21)13-9(2)14(18-10(13)3)15(19)11(4)23-16(20)12-7-6-8-24-12/h6-8,11,18H,5H2,1-4H3/t11-/m0/s1. The molecule has 2 aromatic heterocycles. The van der Waals surface area contributed by atoms with Crippen molar-refractivity contribution in [2.45, 2.75) is 33.8 Å². The summed E-state index contributed by atoms with van der Waals surface area (Å²) < 4.78 is 10.2. The van der Waals surface area contributed by atoms with Gasteiger partial charge < -0.3 is 14.5 Å². The summed E-state index contributed by atoms with van der Waals surface area (Å²) in [5.41, 5.74) is 1.64. The first-order valence-electron chi connectivity index (χ1n) is 7.51. The summed E-state index contributed by atoms with van der Waals surface area (Å²) in [6.07, 6.45) is -0.966. The molecular formula is C17H19NO5S. The summed E-state index contributed by atoms with van der Waals surface area (Å²) in [5.74, 6) is -1.42. The maximum atomic E-state index is 12.6. The fraction of sp³-hybridized carbons (Fsp3) is 0.353. The SMILES string of the molecule is CCOC(=O)c1c(C)[nH]c(C(=O)[C@H](C)OC(=O)c2cccs2)c1C. The van der Waals surface area contributed by atoms with Crippen LogP contribution >= 0.6 is 11.3 Å². The number of carbonyl (C=O) groups excluding carboxylic acids is 3. The van der Waals surface area contributed by atoms with E-state index in [-0.39, 0.29) is 12.3 Å². The molecule has 0 fully saturated rings. The Morgan fingerprint density at radius 3 is 2.54 bits per heavy atom. The molecule has 0 radical (unpaired) electrons. The van der Waals surface area contributed by atoms with E-state index in [4.69, 9.17) is 9.47 Å². The van der Waals surface area contributed by atoms with E-state index in [9.17, 15) is 14.4 Å². The second-order valence-corrected chi connectivity index (χ2v) is 6.18. The van der Waals surface area contributed by atoms with Crippen LogP contribution in [-0.4, -0.2) is 35.4 Å². The van der Waals surface area contributed by atoms with Crippen LogP contribution in [-0.2, 0) is 9.47 Å². The van der Waals surface area contributed by atoms with Gasteiger partial charge in [-0.15, -0.1) is 11.3 Å². The monoisotopic (exact) mass is 349 g/mol. The number of aromatic amines is 1. The van der Waals surface area contributed by atoms with Crippen LogP contribution in [0, 0.1) is 13.8 Å². The number of hydrogen-bond donors (Lipinski definition) is 1. The number of esters is 2. The normalized spacial score (nSPS) is 11.8. The van der Waals surface area contributed by atoms with Gasteiger partial charge in [-0.1, -0.05) is 6.07 Å². The number of Topliss-reactive ketones (excluding diaryl/α,β-unsaturated/α-hetero) is 1. The largest absolute Gasteiger partial charge is 0.462 e. The average Bonchev–Trinajstić information content (AvgIpc) is 3.15. The second-order valence-electron chi connectivity index (χ2n) is 5.23. The highest BCUT2D eigenvalue weighted by Crippen LogP contribution is 2.21. The van der Waals surface area contributed by atoms with E-state index in [0.29, 0.717) is 21.7 Å². The van der Waals surface area contributed by atoms with Crippen molar-refractivity contribution >= 4 is 29.1 Å². The smallest absolute Gasteiger partial charge is 0.349 e. The van der Waals surface area contributed by atoms with E-state index >= 15 is 0 Å². The zero-order chi connectivity index (χ0) is 17.9. The summed E-state index contributed by atoms with van der Waals surface area (Å²) in [6.45, 7) is 6.83. The van der Waals surface area contributed by atoms with Crippen molar-refractivity contribution in [3.8, 4) is 0 Å². The Balaban J connectivity index is 2.19. The van der Waals surface area contributed by atoms with Crippen molar-refractivity contribution in [2.24, 2.45) is 0 Å². The Labute approximate surface area is 143 Å². The first-order valence-corrected chi connectivity index (χ1v) is 8.39. The van der Waals surface area contributed by atoms with Gasteiger partial charge in [-0.3, -0.25) is 4.79 Å². The van der Waals surface area contributed by atoms with Crippen molar-refractivity contribution in [1.82, 2.24) is 4.98 Å². The highest BCUT2D eigenvalue weighted by atomic mass is 32.1. The van der Waals surface area contributed by atoms with Crippen molar-refractivity contribution in [1.29, 1.82) is 0 Å². The molecule has 7 heteroatoms. The Bertz CT molecular complexity index is 760. The summed E-state index contributed by atoms with van der Waals surface area (Å²) in [7, 11) is 0. The van der Waals surface area contributed by atoms with Crippen LogP contribution < -0.4 is 0 Å². The molecule has 0 saturated heterocycles. The van der Waals surface area contributed by atoms with Crippen LogP contribution in [0.3, 0.4) is 0 Å². The molecule has 0 aliphatic heterocycles. The molecule has 0 aliphatic rings. The lowest BCUT2D eigenvalue weighted by Gasteiger charge is -2.11. The van der Waals surface area contributed by atoms with Crippen LogP contribution in [0.25, 0.3) is 0 Å². The number of rotatable bonds is 6. The molecular weight excluding hydrogens is 330 g/mol. The van der Waals surface area contributed by atoms with Gasteiger partial charge in [-0.05, 0) is 44.7 Å². The maximum Gasteiger partial charge on any atom is 0.349 e. The van der Waals surface area contributed by atoms with E-state index < -0.39 is 23.8 Å². The van der Waals surface area contributed by atoms with Gasteiger partial charge in [0.2, 0.25) is 5.78 Å². The fourth-order valence-corrected chi connectivity index (χ4v) is 2.98. The molecule has 1 atom stereocenters. The number of carbonyl (C=O) groups is 3. The van der Waals surface area contributed by atoms with E-state index in [1.807, 2.05) is 0 Å². The minimum Gasteiger partial charge on any atom is -0.462 e. The molecule has 1 N–H and O–H groups in total. The van der Waals surface area contributed by atoms with E-state index in [1.165, 1.54) is 18.3 Å². The third-order valence-electron chi connectivity index (χ3n) is 3.54. The molecule has 2 rings (SSSR count). The first-order chi connectivity index (χ1) is 11.4. The number of aryl methyl sites for hydroxylation is 1. The number of ketones is 1. The Kier molecular flexibility index (Phi) is 5.56. The van der Waals surface area contributed by atoms with Gasteiger partial charge in [-0.2, -0.15) is 0 Å². The van der Waals surface area contributed by atoms with Crippen molar-refractivity contribution in [3.63, 3.8) is 0 Å². The maximum absolute atomic E-state index is 12.6. The number of hydrogen-bond acceptors (Lipinski definition) is 6. The van der Waals surface area contributed by atoms with Crippen molar-refractivity contribution in [3.05, 3.63) is 44.9 Å². The zero-order valence-corrected chi connectivity index (χ0v) is 14.8. The quantitative estimate of drug-likeness (QED) is 0.639. The molecule has 0 aromatic carbocycles. The molecule has 128 valence electrons. The molecule has 2 heterocycles. The van der Waals surface area contributed by atoms with Gasteiger partial charge in [0.15, 0.2) is 6.10 Å². The third kappa shape index (κ3) is 3.56. The van der Waals surface area contributed by atoms with Gasteiger partial charge in [0, 0.05) is 5.69 Å².